The van der Waals surface area contributed by atoms with Gasteiger partial charge >= 0.3 is 0 Å². The minimum absolute atomic E-state index is 0.0840. The highest BCUT2D eigenvalue weighted by molar-refractivity contribution is 5.57. The van der Waals surface area contributed by atoms with Gasteiger partial charge in [0.05, 0.1) is 6.10 Å². The van der Waals surface area contributed by atoms with Crippen molar-refractivity contribution in [2.45, 2.75) is 236 Å². The van der Waals surface area contributed by atoms with Gasteiger partial charge in [-0.15, -0.1) is 0 Å². The third-order valence-corrected chi connectivity index (χ3v) is 26.2. The molecule has 0 heterocycles. The zero-order valence-corrected chi connectivity index (χ0v) is 67.3. The van der Waals surface area contributed by atoms with E-state index in [4.69, 9.17) is 48.6 Å². The molecule has 9 heteroatoms. The van der Waals surface area contributed by atoms with E-state index in [0.717, 1.165) is 144 Å². The van der Waals surface area contributed by atoms with Crippen molar-refractivity contribution in [2.75, 3.05) is 41.0 Å². The van der Waals surface area contributed by atoms with Crippen LogP contribution in [0.3, 0.4) is 0 Å². The van der Waals surface area contributed by atoms with E-state index in [1.165, 1.54) is 209 Å². The first kappa shape index (κ1) is 80.6. The van der Waals surface area contributed by atoms with Gasteiger partial charge in [0, 0.05) is 46.1 Å². The third-order valence-electron chi connectivity index (χ3n) is 26.2. The number of hydrogen-bond acceptors (Lipinski definition) is 9. The van der Waals surface area contributed by atoms with E-state index in [1.54, 1.807) is 0 Å². The summed E-state index contributed by atoms with van der Waals surface area (Å²) in [6.07, 6.45) is 39.5. The lowest BCUT2D eigenvalue weighted by Crippen LogP contribution is -2.32. The van der Waals surface area contributed by atoms with Gasteiger partial charge in [0.25, 0.3) is 0 Å². The van der Waals surface area contributed by atoms with Crippen LogP contribution in [0.4, 0.5) is 34.1 Å². The largest absolute Gasteiger partial charge is 0.457 e. The van der Waals surface area contributed by atoms with Crippen LogP contribution >= 0.6 is 0 Å². The molecule has 5 fully saturated rings. The van der Waals surface area contributed by atoms with Crippen LogP contribution in [0.5, 0.6) is 23.0 Å². The van der Waals surface area contributed by atoms with Gasteiger partial charge in [-0.25, -0.2) is 0 Å². The summed E-state index contributed by atoms with van der Waals surface area (Å²) < 4.78 is 18.7. The van der Waals surface area contributed by atoms with Crippen LogP contribution in [-0.2, 0) is 35.8 Å². The molecule has 0 aliphatic heterocycles. The number of hydrogen-bond donors (Lipinski definition) is 6. The van der Waals surface area contributed by atoms with Crippen molar-refractivity contribution in [1.82, 2.24) is 0 Å². The van der Waals surface area contributed by atoms with Gasteiger partial charge in [0.15, 0.2) is 0 Å². The molecule has 15 rings (SSSR count). The summed E-state index contributed by atoms with van der Waals surface area (Å²) in [5, 5.41) is 0. The molecular weight excluding hydrogens is 1370 g/mol. The molecule has 12 N–H and O–H groups in total. The smallest absolute Gasteiger partial charge is 0.127 e. The lowest BCUT2D eigenvalue weighted by atomic mass is 9.62. The third kappa shape index (κ3) is 23.4. The number of anilines is 6. The summed E-state index contributed by atoms with van der Waals surface area (Å²) >= 11 is 0. The van der Waals surface area contributed by atoms with E-state index in [9.17, 15) is 0 Å². The van der Waals surface area contributed by atoms with Gasteiger partial charge in [-0.05, 0) is 359 Å². The van der Waals surface area contributed by atoms with Gasteiger partial charge in [-0.1, -0.05) is 193 Å². The second kappa shape index (κ2) is 40.3. The van der Waals surface area contributed by atoms with Crippen LogP contribution in [-0.4, -0.2) is 12.7 Å². The lowest BCUT2D eigenvalue weighted by Gasteiger charge is -2.41. The van der Waals surface area contributed by atoms with Crippen LogP contribution < -0.4 is 43.9 Å². The second-order valence-corrected chi connectivity index (χ2v) is 34.2. The molecule has 9 nitrogen and oxygen atoms in total. The molecule has 5 aliphatic carbocycles. The molecule has 0 radical (unpaired) electrons. The Morgan fingerprint density at radius 2 is 0.696 bits per heavy atom. The molecule has 588 valence electrons. The van der Waals surface area contributed by atoms with Crippen molar-refractivity contribution in [1.29, 1.82) is 0 Å². The molecule has 10 aromatic rings. The maximum absolute atomic E-state index is 6.45. The first-order chi connectivity index (χ1) is 54.7. The fraction of sp³-hybridized carbons (Fsp3) is 0.417. The Labute approximate surface area is 671 Å². The maximum atomic E-state index is 6.45. The van der Waals surface area contributed by atoms with E-state index in [0.29, 0.717) is 17.9 Å². The number of nitrogens with two attached hydrogens (primary N) is 6. The molecule has 0 saturated heterocycles. The van der Waals surface area contributed by atoms with E-state index in [1.807, 2.05) is 84.9 Å². The van der Waals surface area contributed by atoms with E-state index in [-0.39, 0.29) is 5.41 Å². The lowest BCUT2D eigenvalue weighted by molar-refractivity contribution is -0.00484. The van der Waals surface area contributed by atoms with Crippen molar-refractivity contribution in [3.05, 3.63) is 298 Å². The summed E-state index contributed by atoms with van der Waals surface area (Å²) in [5.74, 6) is 9.81. The zero-order valence-electron chi connectivity index (χ0n) is 67.3. The first-order valence-electron chi connectivity index (χ1n) is 43.2. The molecule has 5 aliphatic rings. The molecule has 0 aromatic heterocycles. The Kier molecular flexibility index (Phi) is 29.0. The average molecular weight is 1500 g/mol. The summed E-state index contributed by atoms with van der Waals surface area (Å²) in [7, 11) is 0. The predicted octanol–water partition coefficient (Wildman–Crippen LogP) is 26.1. The van der Waals surface area contributed by atoms with E-state index in [2.05, 4.69) is 166 Å². The first-order valence-corrected chi connectivity index (χ1v) is 43.2. The predicted molar refractivity (Wildman–Crippen MR) is 472 cm³/mol. The fourth-order valence-electron chi connectivity index (χ4n) is 19.5. The van der Waals surface area contributed by atoms with Crippen molar-refractivity contribution in [3.63, 3.8) is 0 Å². The molecule has 5 saturated carbocycles. The van der Waals surface area contributed by atoms with Crippen LogP contribution in [0.2, 0.25) is 0 Å². The Morgan fingerprint density at radius 3 is 1.13 bits per heavy atom. The molecule has 0 amide bonds. The number of ether oxygens (including phenoxy) is 3. The molecule has 10 aromatic carbocycles. The van der Waals surface area contributed by atoms with Gasteiger partial charge < -0.3 is 48.6 Å². The van der Waals surface area contributed by atoms with Gasteiger partial charge in [0.1, 0.15) is 23.0 Å². The van der Waals surface area contributed by atoms with Crippen molar-refractivity contribution in [3.8, 4) is 23.0 Å². The summed E-state index contributed by atoms with van der Waals surface area (Å²) in [4.78, 5) is 0. The van der Waals surface area contributed by atoms with Crippen molar-refractivity contribution >= 4 is 34.1 Å². The number of aryl methyl sites for hydroxylation is 1. The quantitative estimate of drug-likeness (QED) is 0.0227. The Morgan fingerprint density at radius 1 is 0.312 bits per heavy atom. The minimum atomic E-state index is -0.0840. The highest BCUT2D eigenvalue weighted by Crippen LogP contribution is 2.51. The Balaban J connectivity index is 0.000000148. The molecule has 0 spiro atoms. The molecule has 0 unspecified atom stereocenters. The van der Waals surface area contributed by atoms with E-state index >= 15 is 0 Å². The van der Waals surface area contributed by atoms with Crippen LogP contribution in [0.25, 0.3) is 0 Å². The summed E-state index contributed by atoms with van der Waals surface area (Å²) in [6, 6.07) is 82.9. The number of benzene rings is 10. The number of unbranched alkanes of at least 4 members (excludes halogenated alkanes) is 4. The summed E-state index contributed by atoms with van der Waals surface area (Å²) in [5.41, 5.74) is 54.8. The highest BCUT2D eigenvalue weighted by atomic mass is 16.5. The number of rotatable bonds is 26. The van der Waals surface area contributed by atoms with Gasteiger partial charge in [-0.2, -0.15) is 0 Å². The Bertz CT molecular complexity index is 4280. The zero-order chi connectivity index (χ0) is 77.4. The highest BCUT2D eigenvalue weighted by Gasteiger charge is 2.39. The number of nitrogen functional groups attached to an aromatic ring is 6. The summed E-state index contributed by atoms with van der Waals surface area (Å²) in [6.45, 7) is 5.51. The molecular formula is C103H128N6O3. The fourth-order valence-corrected chi connectivity index (χ4v) is 19.5. The molecule has 112 heavy (non-hydrogen) atoms. The van der Waals surface area contributed by atoms with Crippen molar-refractivity contribution < 1.29 is 14.2 Å². The molecule has 0 atom stereocenters. The van der Waals surface area contributed by atoms with Crippen molar-refractivity contribution in [2.24, 2.45) is 29.6 Å². The van der Waals surface area contributed by atoms with Crippen LogP contribution in [0.15, 0.2) is 237 Å². The maximum Gasteiger partial charge on any atom is 0.127 e. The topological polar surface area (TPSA) is 184 Å². The SMILES string of the molecule is CCCCCCCC1CCC(COC2CCC(c3ccc(Cc4cc(N)cc(N)c4)cc3)CC2)CC1.CCc1ccc(C2CCC(c3ccc(Oc4ccc(N)cc4)cc3)(c3ccc(Oc4ccc(N)cc4)cc3)CC2)cc1.Nc1cc(N)cc(Cc2ccc(C3CCC(C4CCC(Cc5ccccc5)CC4)CC3)cc2)c1. The normalized spacial score (nSPS) is 21.1. The van der Waals surface area contributed by atoms with Crippen LogP contribution in [0.1, 0.15) is 260 Å². The van der Waals surface area contributed by atoms with Crippen LogP contribution in [0, 0.1) is 29.6 Å². The van der Waals surface area contributed by atoms with Gasteiger partial charge in [0.2, 0.25) is 0 Å². The Hall–Kier alpha value is -9.44. The van der Waals surface area contributed by atoms with Gasteiger partial charge in [-0.3, -0.25) is 0 Å². The monoisotopic (exact) mass is 1500 g/mol. The van der Waals surface area contributed by atoms with E-state index < -0.39 is 0 Å². The minimum Gasteiger partial charge on any atom is -0.457 e. The standard InChI is InChI=1S/C38H38N2O2.C33H50N2O.C32H40N2/c1-2-27-3-5-28(6-4-27)29-23-25-38(26-24-29,30-7-15-34(16-8-30)41-36-19-11-32(39)12-20-36)31-9-17-35(18-10-31)42-37-21-13-33(40)14-22-37;1-2-3-4-5-6-7-25-8-10-27(11-9-25)24-36-33-18-16-30(17-19-33)29-14-12-26(13-15-29)20-28-21-31(34)23-32(35)22-28;33-31-20-26(21-32(34)22-31)19-25-8-12-28(13-9-25)30-16-14-29(15-17-30)27-10-6-24(7-11-27)18-23-4-2-1-3-5-23/h3-22,29H,2,23-26,39-40H2,1H3;12-15,21-23,25,27,30,33H,2-11,16-20,24,34-35H2,1H3;1-5,8-9,12-13,20-22,24,27,29-30H,6-7,10-11,14-19,33-34H2. The molecule has 0 bridgehead atoms. The average Bonchev–Trinajstić information content (AvgIpc) is 0.759. The second-order valence-electron chi connectivity index (χ2n) is 34.2.